The van der Waals surface area contributed by atoms with Crippen LogP contribution in [0.5, 0.6) is 0 Å². The Hall–Kier alpha value is -2.45. The van der Waals surface area contributed by atoms with Gasteiger partial charge in [-0.3, -0.25) is 0 Å². The highest BCUT2D eigenvalue weighted by atomic mass is 19.4. The SMILES string of the molecule is COC(=O)c1ccc(C(F)(F)F)c(NC2CC23CCN(C(=O)OC(C)(C)C)CC3)c1. The lowest BCUT2D eigenvalue weighted by atomic mass is 9.92. The Bertz CT molecular complexity index is 825. The molecule has 1 amide bonds. The molecule has 1 heterocycles. The second-order valence-corrected chi connectivity index (χ2v) is 8.98. The van der Waals surface area contributed by atoms with Gasteiger partial charge >= 0.3 is 18.2 Å². The molecule has 9 heteroatoms. The van der Waals surface area contributed by atoms with E-state index in [2.05, 4.69) is 10.1 Å². The summed E-state index contributed by atoms with van der Waals surface area (Å²) in [6.45, 7) is 6.41. The van der Waals surface area contributed by atoms with E-state index in [1.54, 1.807) is 25.7 Å². The minimum atomic E-state index is -4.54. The molecule has 1 aromatic carbocycles. The summed E-state index contributed by atoms with van der Waals surface area (Å²) in [6, 6.07) is 3.06. The van der Waals surface area contributed by atoms with Crippen LogP contribution in [0.25, 0.3) is 0 Å². The summed E-state index contributed by atoms with van der Waals surface area (Å²) in [4.78, 5) is 25.6. The third kappa shape index (κ3) is 4.82. The van der Waals surface area contributed by atoms with Crippen molar-refractivity contribution in [1.82, 2.24) is 4.90 Å². The lowest BCUT2D eigenvalue weighted by Crippen LogP contribution is -2.43. The number of rotatable bonds is 3. The van der Waals surface area contributed by atoms with Crippen LogP contribution in [0.15, 0.2) is 18.2 Å². The Kier molecular flexibility index (Phi) is 5.68. The molecular formula is C21H27F3N2O4. The molecule has 1 saturated carbocycles. The number of nitrogens with zero attached hydrogens (tertiary/aromatic N) is 1. The van der Waals surface area contributed by atoms with Gasteiger partial charge in [0.25, 0.3) is 0 Å². The number of ether oxygens (including phenoxy) is 2. The van der Waals surface area contributed by atoms with Crippen LogP contribution in [0.3, 0.4) is 0 Å². The van der Waals surface area contributed by atoms with Gasteiger partial charge in [-0.25, -0.2) is 9.59 Å². The second-order valence-electron chi connectivity index (χ2n) is 8.98. The van der Waals surface area contributed by atoms with Crippen molar-refractivity contribution in [1.29, 1.82) is 0 Å². The molecule has 1 spiro atoms. The maximum absolute atomic E-state index is 13.4. The molecule has 1 aliphatic heterocycles. The number of alkyl halides is 3. The van der Waals surface area contributed by atoms with Crippen molar-refractivity contribution in [2.24, 2.45) is 5.41 Å². The van der Waals surface area contributed by atoms with Crippen molar-refractivity contribution in [3.63, 3.8) is 0 Å². The van der Waals surface area contributed by atoms with Crippen LogP contribution in [-0.4, -0.2) is 48.8 Å². The van der Waals surface area contributed by atoms with Crippen molar-refractivity contribution < 1.29 is 32.2 Å². The average Bonchev–Trinajstić information content (AvgIpc) is 3.29. The van der Waals surface area contributed by atoms with Crippen LogP contribution in [0.1, 0.15) is 56.0 Å². The number of piperidine rings is 1. The Balaban J connectivity index is 1.68. The minimum Gasteiger partial charge on any atom is -0.465 e. The van der Waals surface area contributed by atoms with E-state index < -0.39 is 23.3 Å². The van der Waals surface area contributed by atoms with Crippen LogP contribution >= 0.6 is 0 Å². The summed E-state index contributed by atoms with van der Waals surface area (Å²) in [5, 5.41) is 2.99. The fourth-order valence-electron chi connectivity index (χ4n) is 3.91. The lowest BCUT2D eigenvalue weighted by Gasteiger charge is -2.34. The van der Waals surface area contributed by atoms with Gasteiger partial charge in [-0.05, 0) is 63.6 Å². The minimum absolute atomic E-state index is 0.0578. The normalized spacial score (nSPS) is 20.6. The third-order valence-electron chi connectivity index (χ3n) is 5.68. The third-order valence-corrected chi connectivity index (χ3v) is 5.68. The molecule has 2 fully saturated rings. The zero-order chi connectivity index (χ0) is 22.3. The zero-order valence-corrected chi connectivity index (χ0v) is 17.6. The van der Waals surface area contributed by atoms with Crippen molar-refractivity contribution in [3.05, 3.63) is 29.3 Å². The van der Waals surface area contributed by atoms with E-state index in [-0.39, 0.29) is 28.8 Å². The van der Waals surface area contributed by atoms with Gasteiger partial charge in [0.05, 0.1) is 18.2 Å². The number of likely N-dealkylation sites (tertiary alicyclic amines) is 1. The lowest BCUT2D eigenvalue weighted by molar-refractivity contribution is -0.137. The van der Waals surface area contributed by atoms with E-state index in [9.17, 15) is 22.8 Å². The predicted octanol–water partition coefficient (Wildman–Crippen LogP) is 4.69. The average molecular weight is 428 g/mol. The van der Waals surface area contributed by atoms with E-state index in [0.717, 1.165) is 18.6 Å². The first-order chi connectivity index (χ1) is 13.8. The van der Waals surface area contributed by atoms with Gasteiger partial charge in [0.2, 0.25) is 0 Å². The number of nitrogens with one attached hydrogen (secondary N) is 1. The molecule has 0 radical (unpaired) electrons. The van der Waals surface area contributed by atoms with E-state index in [1.807, 2.05) is 0 Å². The molecular weight excluding hydrogens is 401 g/mol. The molecule has 6 nitrogen and oxygen atoms in total. The topological polar surface area (TPSA) is 67.9 Å². The molecule has 0 bridgehead atoms. The van der Waals surface area contributed by atoms with Gasteiger partial charge < -0.3 is 19.7 Å². The maximum Gasteiger partial charge on any atom is 0.418 e. The van der Waals surface area contributed by atoms with Crippen molar-refractivity contribution >= 4 is 17.7 Å². The largest absolute Gasteiger partial charge is 0.465 e. The van der Waals surface area contributed by atoms with Gasteiger partial charge in [0.15, 0.2) is 0 Å². The van der Waals surface area contributed by atoms with Gasteiger partial charge in [-0.1, -0.05) is 0 Å². The van der Waals surface area contributed by atoms with Crippen molar-refractivity contribution in [3.8, 4) is 0 Å². The molecule has 3 rings (SSSR count). The summed E-state index contributed by atoms with van der Waals surface area (Å²) < 4.78 is 50.3. The molecule has 1 saturated heterocycles. The van der Waals surface area contributed by atoms with Gasteiger partial charge in [0, 0.05) is 24.8 Å². The molecule has 166 valence electrons. The number of carbonyl (C=O) groups is 2. The summed E-state index contributed by atoms with van der Waals surface area (Å²) in [7, 11) is 1.18. The molecule has 1 unspecified atom stereocenters. The fraction of sp³-hybridized carbons (Fsp3) is 0.619. The molecule has 1 aliphatic carbocycles. The molecule has 0 aromatic heterocycles. The summed E-state index contributed by atoms with van der Waals surface area (Å²) in [5.41, 5.74) is -1.61. The first kappa shape index (κ1) is 22.2. The summed E-state index contributed by atoms with van der Waals surface area (Å²) in [6.07, 6.45) is -2.83. The summed E-state index contributed by atoms with van der Waals surface area (Å²) in [5.74, 6) is -0.692. The van der Waals surface area contributed by atoms with Crippen LogP contribution < -0.4 is 5.32 Å². The standard InChI is InChI=1S/C21H27F3N2O4/c1-19(2,3)30-18(28)26-9-7-20(8-10-26)12-16(20)25-15-11-13(17(27)29-4)5-6-14(15)21(22,23)24/h5-6,11,16,25H,7-10,12H2,1-4H3. The second kappa shape index (κ2) is 7.67. The molecule has 2 aliphatic rings. The predicted molar refractivity (Wildman–Crippen MR) is 104 cm³/mol. The first-order valence-electron chi connectivity index (χ1n) is 9.89. The number of anilines is 1. The van der Waals surface area contributed by atoms with Crippen molar-refractivity contribution in [2.75, 3.05) is 25.5 Å². The highest BCUT2D eigenvalue weighted by Crippen LogP contribution is 2.55. The van der Waals surface area contributed by atoms with Crippen LogP contribution in [0.4, 0.5) is 23.7 Å². The highest BCUT2D eigenvalue weighted by molar-refractivity contribution is 5.90. The van der Waals surface area contributed by atoms with Crippen LogP contribution in [0.2, 0.25) is 0 Å². The van der Waals surface area contributed by atoms with Crippen molar-refractivity contribution in [2.45, 2.75) is 57.9 Å². The van der Waals surface area contributed by atoms with E-state index in [4.69, 9.17) is 4.74 Å². The van der Waals surface area contributed by atoms with E-state index in [1.165, 1.54) is 13.2 Å². The number of hydrogen-bond acceptors (Lipinski definition) is 5. The first-order valence-corrected chi connectivity index (χ1v) is 9.89. The molecule has 1 N–H and O–H groups in total. The Labute approximate surface area is 173 Å². The Morgan fingerprint density at radius 3 is 2.33 bits per heavy atom. The quantitative estimate of drug-likeness (QED) is 0.708. The van der Waals surface area contributed by atoms with E-state index in [0.29, 0.717) is 25.9 Å². The number of amides is 1. The van der Waals surface area contributed by atoms with E-state index >= 15 is 0 Å². The van der Waals surface area contributed by atoms with Gasteiger partial charge in [0.1, 0.15) is 5.60 Å². The highest BCUT2D eigenvalue weighted by Gasteiger charge is 2.56. The number of hydrogen-bond donors (Lipinski definition) is 1. The number of halogens is 3. The summed E-state index contributed by atoms with van der Waals surface area (Å²) >= 11 is 0. The van der Waals surface area contributed by atoms with Crippen LogP contribution in [-0.2, 0) is 15.7 Å². The maximum atomic E-state index is 13.4. The smallest absolute Gasteiger partial charge is 0.418 e. The Morgan fingerprint density at radius 2 is 1.80 bits per heavy atom. The number of carbonyl (C=O) groups excluding carboxylic acids is 2. The molecule has 30 heavy (non-hydrogen) atoms. The fourth-order valence-corrected chi connectivity index (χ4v) is 3.91. The Morgan fingerprint density at radius 1 is 1.17 bits per heavy atom. The number of esters is 1. The van der Waals surface area contributed by atoms with Gasteiger partial charge in [-0.15, -0.1) is 0 Å². The van der Waals surface area contributed by atoms with Gasteiger partial charge in [-0.2, -0.15) is 13.2 Å². The number of methoxy groups -OCH3 is 1. The monoisotopic (exact) mass is 428 g/mol. The van der Waals surface area contributed by atoms with Crippen LogP contribution in [0, 0.1) is 5.41 Å². The molecule has 1 aromatic rings. The number of benzene rings is 1. The zero-order valence-electron chi connectivity index (χ0n) is 17.6. The molecule has 1 atom stereocenters.